The van der Waals surface area contributed by atoms with Crippen LogP contribution in [-0.2, 0) is 9.47 Å². The van der Waals surface area contributed by atoms with Crippen molar-refractivity contribution in [2.45, 2.75) is 30.9 Å². The Morgan fingerprint density at radius 2 is 2.37 bits per heavy atom. The highest BCUT2D eigenvalue weighted by atomic mass is 35.5. The van der Waals surface area contributed by atoms with Crippen molar-refractivity contribution in [3.63, 3.8) is 0 Å². The Balaban J connectivity index is 1.76. The van der Waals surface area contributed by atoms with Crippen LogP contribution < -0.4 is 5.73 Å². The molecular weight excluding hydrogens is 264 g/mol. The molecule has 0 amide bonds. The summed E-state index contributed by atoms with van der Waals surface area (Å²) in [5.74, 6) is 0.350. The maximum atomic E-state index is 6.38. The van der Waals surface area contributed by atoms with Gasteiger partial charge in [-0.1, -0.05) is 11.6 Å². The summed E-state index contributed by atoms with van der Waals surface area (Å²) in [4.78, 5) is 4.34. The lowest BCUT2D eigenvalue weighted by molar-refractivity contribution is -0.101. The van der Waals surface area contributed by atoms with Crippen molar-refractivity contribution < 1.29 is 9.47 Å². The largest absolute Gasteiger partial charge is 0.378 e. The average Bonchev–Trinajstić information content (AvgIpc) is 2.86. The standard InChI is InChI=1S/C14H19ClN2O2/c15-11-2-1-5-17-13(11)12(16)10-3-6-19-14(8-10)4-7-18-9-14/h1-2,5,10,12H,3-4,6-9,16H2. The molecule has 0 saturated carbocycles. The Kier molecular flexibility index (Phi) is 3.76. The van der Waals surface area contributed by atoms with Crippen molar-refractivity contribution in [3.8, 4) is 0 Å². The van der Waals surface area contributed by atoms with E-state index in [4.69, 9.17) is 26.8 Å². The number of aromatic nitrogens is 1. The molecule has 0 aliphatic carbocycles. The summed E-state index contributed by atoms with van der Waals surface area (Å²) >= 11 is 6.19. The van der Waals surface area contributed by atoms with Gasteiger partial charge in [0.2, 0.25) is 0 Å². The zero-order valence-electron chi connectivity index (χ0n) is 10.8. The van der Waals surface area contributed by atoms with Crippen LogP contribution in [0.2, 0.25) is 5.02 Å². The van der Waals surface area contributed by atoms with Gasteiger partial charge in [0, 0.05) is 25.8 Å². The van der Waals surface area contributed by atoms with Crippen LogP contribution in [0.5, 0.6) is 0 Å². The quantitative estimate of drug-likeness (QED) is 0.904. The van der Waals surface area contributed by atoms with Crippen LogP contribution in [0.3, 0.4) is 0 Å². The third-order valence-electron chi connectivity index (χ3n) is 4.21. The molecule has 5 heteroatoms. The first-order valence-corrected chi connectivity index (χ1v) is 7.16. The van der Waals surface area contributed by atoms with Crippen LogP contribution in [0.4, 0.5) is 0 Å². The molecule has 4 nitrogen and oxygen atoms in total. The molecule has 1 aromatic heterocycles. The topological polar surface area (TPSA) is 57.4 Å². The van der Waals surface area contributed by atoms with E-state index in [0.29, 0.717) is 17.5 Å². The first-order valence-electron chi connectivity index (χ1n) is 6.78. The van der Waals surface area contributed by atoms with E-state index < -0.39 is 0 Å². The van der Waals surface area contributed by atoms with Crippen LogP contribution in [0.25, 0.3) is 0 Å². The van der Waals surface area contributed by atoms with Gasteiger partial charge in [0.25, 0.3) is 0 Å². The molecule has 2 saturated heterocycles. The predicted octanol–water partition coefficient (Wildman–Crippen LogP) is 2.32. The molecule has 3 rings (SSSR count). The normalized spacial score (nSPS) is 32.6. The Hall–Kier alpha value is -0.680. The Morgan fingerprint density at radius 1 is 1.47 bits per heavy atom. The average molecular weight is 283 g/mol. The number of halogens is 1. The minimum absolute atomic E-state index is 0.123. The van der Waals surface area contributed by atoms with Gasteiger partial charge in [0.1, 0.15) is 0 Å². The summed E-state index contributed by atoms with van der Waals surface area (Å²) in [5.41, 5.74) is 7.05. The molecule has 2 N–H and O–H groups in total. The molecule has 0 radical (unpaired) electrons. The molecule has 19 heavy (non-hydrogen) atoms. The summed E-state index contributed by atoms with van der Waals surface area (Å²) in [6, 6.07) is 3.54. The summed E-state index contributed by atoms with van der Waals surface area (Å²) in [7, 11) is 0. The van der Waals surface area contributed by atoms with E-state index in [0.717, 1.165) is 38.2 Å². The molecule has 3 atom stereocenters. The fourth-order valence-electron chi connectivity index (χ4n) is 3.10. The second-order valence-corrected chi connectivity index (χ2v) is 5.89. The predicted molar refractivity (Wildman–Crippen MR) is 73.0 cm³/mol. The van der Waals surface area contributed by atoms with E-state index in [9.17, 15) is 0 Å². The summed E-state index contributed by atoms with van der Waals surface area (Å²) < 4.78 is 11.4. The van der Waals surface area contributed by atoms with Crippen molar-refractivity contribution in [2.75, 3.05) is 19.8 Å². The Labute approximate surface area is 118 Å². The second kappa shape index (κ2) is 5.37. The van der Waals surface area contributed by atoms with E-state index in [-0.39, 0.29) is 11.6 Å². The number of pyridine rings is 1. The van der Waals surface area contributed by atoms with Crippen LogP contribution in [0, 0.1) is 5.92 Å². The van der Waals surface area contributed by atoms with E-state index in [1.165, 1.54) is 0 Å². The van der Waals surface area contributed by atoms with Gasteiger partial charge in [-0.05, 0) is 30.9 Å². The van der Waals surface area contributed by atoms with Crippen LogP contribution in [0.15, 0.2) is 18.3 Å². The number of ether oxygens (including phenoxy) is 2. The van der Waals surface area contributed by atoms with Crippen LogP contribution in [-0.4, -0.2) is 30.4 Å². The summed E-state index contributed by atoms with van der Waals surface area (Å²) in [6.07, 6.45) is 4.60. The van der Waals surface area contributed by atoms with Crippen molar-refractivity contribution in [2.24, 2.45) is 11.7 Å². The molecule has 2 aliphatic rings. The fourth-order valence-corrected chi connectivity index (χ4v) is 3.35. The van der Waals surface area contributed by atoms with Gasteiger partial charge >= 0.3 is 0 Å². The van der Waals surface area contributed by atoms with E-state index >= 15 is 0 Å². The van der Waals surface area contributed by atoms with Crippen molar-refractivity contribution in [1.82, 2.24) is 4.98 Å². The number of nitrogens with two attached hydrogens (primary N) is 1. The third-order valence-corrected chi connectivity index (χ3v) is 4.53. The highest BCUT2D eigenvalue weighted by Crippen LogP contribution is 2.40. The van der Waals surface area contributed by atoms with Crippen molar-refractivity contribution >= 4 is 11.6 Å². The van der Waals surface area contributed by atoms with Gasteiger partial charge < -0.3 is 15.2 Å². The molecule has 1 aromatic rings. The molecule has 104 valence electrons. The molecule has 0 aromatic carbocycles. The lowest BCUT2D eigenvalue weighted by atomic mass is 9.80. The SMILES string of the molecule is NC(c1ncccc1Cl)C1CCOC2(CCOC2)C1. The molecule has 0 bridgehead atoms. The Bertz CT molecular complexity index is 449. The smallest absolute Gasteiger partial charge is 0.0940 e. The van der Waals surface area contributed by atoms with Gasteiger partial charge in [-0.25, -0.2) is 0 Å². The van der Waals surface area contributed by atoms with E-state index in [2.05, 4.69) is 4.98 Å². The number of hydrogen-bond donors (Lipinski definition) is 1. The lowest BCUT2D eigenvalue weighted by Gasteiger charge is -2.39. The minimum Gasteiger partial charge on any atom is -0.378 e. The molecule has 3 unspecified atom stereocenters. The highest BCUT2D eigenvalue weighted by Gasteiger charge is 2.43. The van der Waals surface area contributed by atoms with Gasteiger partial charge in [-0.2, -0.15) is 0 Å². The summed E-state index contributed by atoms with van der Waals surface area (Å²) in [6.45, 7) is 2.21. The van der Waals surface area contributed by atoms with Gasteiger partial charge in [-0.3, -0.25) is 4.98 Å². The van der Waals surface area contributed by atoms with Gasteiger partial charge in [0.15, 0.2) is 0 Å². The van der Waals surface area contributed by atoms with Gasteiger partial charge in [-0.15, -0.1) is 0 Å². The van der Waals surface area contributed by atoms with E-state index in [1.807, 2.05) is 12.1 Å². The maximum Gasteiger partial charge on any atom is 0.0940 e. The monoisotopic (exact) mass is 282 g/mol. The fraction of sp³-hybridized carbons (Fsp3) is 0.643. The maximum absolute atomic E-state index is 6.38. The van der Waals surface area contributed by atoms with Crippen molar-refractivity contribution in [3.05, 3.63) is 29.0 Å². The third kappa shape index (κ3) is 2.63. The van der Waals surface area contributed by atoms with Crippen LogP contribution in [0.1, 0.15) is 31.0 Å². The lowest BCUT2D eigenvalue weighted by Crippen LogP contribution is -2.43. The minimum atomic E-state index is -0.130. The van der Waals surface area contributed by atoms with Crippen molar-refractivity contribution in [1.29, 1.82) is 0 Å². The molecular formula is C14H19ClN2O2. The zero-order valence-corrected chi connectivity index (χ0v) is 11.6. The highest BCUT2D eigenvalue weighted by molar-refractivity contribution is 6.31. The molecule has 1 spiro atoms. The van der Waals surface area contributed by atoms with Gasteiger partial charge in [0.05, 0.1) is 29.0 Å². The van der Waals surface area contributed by atoms with E-state index in [1.54, 1.807) is 6.20 Å². The number of nitrogens with zero attached hydrogens (tertiary/aromatic N) is 1. The first-order chi connectivity index (χ1) is 9.20. The Morgan fingerprint density at radius 3 is 3.11 bits per heavy atom. The molecule has 2 fully saturated rings. The first kappa shape index (κ1) is 13.3. The van der Waals surface area contributed by atoms with Crippen LogP contribution >= 0.6 is 11.6 Å². The molecule has 2 aliphatic heterocycles. The summed E-state index contributed by atoms with van der Waals surface area (Å²) in [5, 5.41) is 0.651. The zero-order chi connectivity index (χ0) is 13.3. The number of hydrogen-bond acceptors (Lipinski definition) is 4. The molecule has 3 heterocycles. The second-order valence-electron chi connectivity index (χ2n) is 5.48. The number of rotatable bonds is 2.